The van der Waals surface area contributed by atoms with Gasteiger partial charge in [-0.2, -0.15) is 10.1 Å². The van der Waals surface area contributed by atoms with E-state index >= 15 is 0 Å². The molecule has 0 fully saturated rings. The molecule has 0 unspecified atom stereocenters. The predicted octanol–water partition coefficient (Wildman–Crippen LogP) is 2.62. The van der Waals surface area contributed by atoms with Crippen LogP contribution >= 0.6 is 0 Å². The van der Waals surface area contributed by atoms with E-state index in [-0.39, 0.29) is 17.9 Å². The van der Waals surface area contributed by atoms with Crippen LogP contribution in [0.4, 0.5) is 4.39 Å². The molecule has 29 heavy (non-hydrogen) atoms. The van der Waals surface area contributed by atoms with Gasteiger partial charge in [-0.15, -0.1) is 0 Å². The fraction of sp³-hybridized carbons (Fsp3) is 0.100. The average molecular weight is 387 g/mol. The summed E-state index contributed by atoms with van der Waals surface area (Å²) in [5, 5.41) is 5.63. The summed E-state index contributed by atoms with van der Waals surface area (Å²) in [6.45, 7) is 1.90. The van der Waals surface area contributed by atoms with E-state index in [1.807, 2.05) is 6.07 Å². The van der Waals surface area contributed by atoms with Gasteiger partial charge in [0.15, 0.2) is 11.5 Å². The molecule has 0 saturated carbocycles. The van der Waals surface area contributed by atoms with Crippen LogP contribution in [0, 0.1) is 12.7 Å². The normalized spacial score (nSPS) is 11.4. The maximum atomic E-state index is 14.1. The number of aromatic nitrogens is 7. The van der Waals surface area contributed by atoms with Crippen molar-refractivity contribution in [2.24, 2.45) is 0 Å². The molecule has 0 saturated heterocycles. The molecule has 0 atom stereocenters. The maximum Gasteiger partial charge on any atom is 0.283 e. The molecule has 0 radical (unpaired) electrons. The number of hydrogen-bond donors (Lipinski definition) is 1. The van der Waals surface area contributed by atoms with Gasteiger partial charge in [-0.1, -0.05) is 18.2 Å². The largest absolute Gasteiger partial charge is 0.328 e. The van der Waals surface area contributed by atoms with Crippen LogP contribution < -0.4 is 5.56 Å². The van der Waals surface area contributed by atoms with Crippen molar-refractivity contribution in [1.82, 2.24) is 34.7 Å². The van der Waals surface area contributed by atoms with Crippen molar-refractivity contribution in [3.63, 3.8) is 0 Å². The zero-order chi connectivity index (χ0) is 20.0. The Bertz CT molecular complexity index is 1440. The van der Waals surface area contributed by atoms with Gasteiger partial charge in [0.25, 0.3) is 5.56 Å². The lowest BCUT2D eigenvalue weighted by Crippen LogP contribution is -2.11. The van der Waals surface area contributed by atoms with Crippen LogP contribution in [0.5, 0.6) is 0 Å². The van der Waals surface area contributed by atoms with Gasteiger partial charge in [-0.25, -0.2) is 24.0 Å². The topological polar surface area (TPSA) is 102 Å². The van der Waals surface area contributed by atoms with Gasteiger partial charge in [0.2, 0.25) is 0 Å². The highest BCUT2D eigenvalue weighted by atomic mass is 19.1. The molecule has 8 nitrogen and oxygen atoms in total. The number of aromatic amines is 1. The molecule has 4 heterocycles. The second kappa shape index (κ2) is 6.55. The van der Waals surface area contributed by atoms with Crippen LogP contribution in [0.3, 0.4) is 0 Å². The van der Waals surface area contributed by atoms with Crippen LogP contribution in [0.2, 0.25) is 0 Å². The maximum absolute atomic E-state index is 14.1. The molecule has 4 aromatic heterocycles. The second-order valence-corrected chi connectivity index (χ2v) is 6.56. The molecule has 0 aliphatic heterocycles. The Labute approximate surface area is 163 Å². The van der Waals surface area contributed by atoms with Gasteiger partial charge in [0, 0.05) is 18.0 Å². The first kappa shape index (κ1) is 17.1. The predicted molar refractivity (Wildman–Crippen MR) is 105 cm³/mol. The highest BCUT2D eigenvalue weighted by Crippen LogP contribution is 2.25. The summed E-state index contributed by atoms with van der Waals surface area (Å²) in [5.41, 5.74) is 1.59. The Morgan fingerprint density at radius 3 is 2.79 bits per heavy atom. The minimum Gasteiger partial charge on any atom is -0.328 e. The minimum atomic E-state index is -0.389. The van der Waals surface area contributed by atoms with Crippen LogP contribution in [0.15, 0.2) is 53.6 Å². The number of nitrogens with one attached hydrogen (secondary N) is 1. The van der Waals surface area contributed by atoms with Crippen molar-refractivity contribution in [1.29, 1.82) is 0 Å². The highest BCUT2D eigenvalue weighted by Gasteiger charge is 2.17. The molecule has 0 aliphatic carbocycles. The Hall–Kier alpha value is -4.01. The average Bonchev–Trinajstić information content (AvgIpc) is 3.08. The van der Waals surface area contributed by atoms with Gasteiger partial charge >= 0.3 is 0 Å². The molecule has 0 aliphatic rings. The number of benzene rings is 1. The van der Waals surface area contributed by atoms with E-state index in [1.54, 1.807) is 42.1 Å². The molecule has 0 spiro atoms. The number of aryl methyl sites for hydroxylation is 1. The lowest BCUT2D eigenvalue weighted by atomic mass is 10.2. The Balaban J connectivity index is 1.69. The molecule has 0 amide bonds. The summed E-state index contributed by atoms with van der Waals surface area (Å²) < 4.78 is 15.8. The number of rotatable bonds is 3. The van der Waals surface area contributed by atoms with Gasteiger partial charge < -0.3 is 4.98 Å². The number of H-pyrrole nitrogens is 1. The summed E-state index contributed by atoms with van der Waals surface area (Å²) in [5.74, 6) is 0.490. The molecular formula is C20H14FN7O. The SMILES string of the molecule is Cc1nc(=O)c2cnc(-c3nn(Cc4ccccc4F)c4ncccc34)nc2[nH]1. The highest BCUT2D eigenvalue weighted by molar-refractivity contribution is 5.90. The fourth-order valence-electron chi connectivity index (χ4n) is 3.23. The Kier molecular flexibility index (Phi) is 3.87. The van der Waals surface area contributed by atoms with Gasteiger partial charge in [-0.3, -0.25) is 4.79 Å². The van der Waals surface area contributed by atoms with Crippen LogP contribution in [0.25, 0.3) is 33.6 Å². The molecule has 9 heteroatoms. The van der Waals surface area contributed by atoms with Gasteiger partial charge in [0.1, 0.15) is 28.4 Å². The van der Waals surface area contributed by atoms with E-state index < -0.39 is 0 Å². The summed E-state index contributed by atoms with van der Waals surface area (Å²) in [6, 6.07) is 10.2. The van der Waals surface area contributed by atoms with Crippen molar-refractivity contribution in [3.05, 3.63) is 76.4 Å². The smallest absolute Gasteiger partial charge is 0.283 e. The third kappa shape index (κ3) is 2.92. The number of nitrogens with zero attached hydrogens (tertiary/aromatic N) is 6. The second-order valence-electron chi connectivity index (χ2n) is 6.56. The van der Waals surface area contributed by atoms with E-state index in [4.69, 9.17) is 0 Å². The van der Waals surface area contributed by atoms with Crippen LogP contribution in [-0.4, -0.2) is 34.7 Å². The lowest BCUT2D eigenvalue weighted by molar-refractivity contribution is 0.589. The molecule has 142 valence electrons. The number of pyridine rings is 1. The summed E-state index contributed by atoms with van der Waals surface area (Å²) in [6.07, 6.45) is 3.08. The van der Waals surface area contributed by atoms with Crippen molar-refractivity contribution < 1.29 is 4.39 Å². The van der Waals surface area contributed by atoms with Crippen LogP contribution in [-0.2, 0) is 6.54 Å². The number of halogens is 1. The van der Waals surface area contributed by atoms with E-state index in [1.165, 1.54) is 12.3 Å². The summed E-state index contributed by atoms with van der Waals surface area (Å²) >= 11 is 0. The van der Waals surface area contributed by atoms with Crippen molar-refractivity contribution >= 4 is 22.1 Å². The zero-order valence-electron chi connectivity index (χ0n) is 15.3. The Morgan fingerprint density at radius 1 is 1.07 bits per heavy atom. The van der Waals surface area contributed by atoms with E-state index in [0.29, 0.717) is 39.6 Å². The van der Waals surface area contributed by atoms with Crippen molar-refractivity contribution in [2.45, 2.75) is 13.5 Å². The molecular weight excluding hydrogens is 373 g/mol. The van der Waals surface area contributed by atoms with Gasteiger partial charge in [0.05, 0.1) is 11.9 Å². The molecule has 1 aromatic carbocycles. The quantitative estimate of drug-likeness (QED) is 0.511. The minimum absolute atomic E-state index is 0.216. The molecule has 0 bridgehead atoms. The van der Waals surface area contributed by atoms with Crippen molar-refractivity contribution in [3.8, 4) is 11.5 Å². The van der Waals surface area contributed by atoms with E-state index in [2.05, 4.69) is 30.0 Å². The first-order chi connectivity index (χ1) is 14.1. The zero-order valence-corrected chi connectivity index (χ0v) is 15.3. The number of fused-ring (bicyclic) bond motifs is 2. The van der Waals surface area contributed by atoms with E-state index in [0.717, 1.165) is 5.39 Å². The molecule has 5 rings (SSSR count). The third-order valence-corrected chi connectivity index (χ3v) is 4.58. The van der Waals surface area contributed by atoms with Gasteiger partial charge in [-0.05, 0) is 25.1 Å². The van der Waals surface area contributed by atoms with Crippen LogP contribution in [0.1, 0.15) is 11.4 Å². The summed E-state index contributed by atoms with van der Waals surface area (Å²) in [7, 11) is 0. The first-order valence-corrected chi connectivity index (χ1v) is 8.89. The van der Waals surface area contributed by atoms with E-state index in [9.17, 15) is 9.18 Å². The molecule has 1 N–H and O–H groups in total. The lowest BCUT2D eigenvalue weighted by Gasteiger charge is -2.04. The number of hydrogen-bond acceptors (Lipinski definition) is 6. The standard InChI is InChI=1S/C20H14FN7O/c1-11-24-17-14(20(29)25-11)9-23-18(26-17)16-13-6-4-8-22-19(13)28(27-16)10-12-5-2-3-7-15(12)21/h2-9H,10H2,1H3,(H,23,24,25,26,29). The third-order valence-electron chi connectivity index (χ3n) is 4.58. The molecule has 5 aromatic rings. The first-order valence-electron chi connectivity index (χ1n) is 8.89. The monoisotopic (exact) mass is 387 g/mol. The Morgan fingerprint density at radius 2 is 1.93 bits per heavy atom. The summed E-state index contributed by atoms with van der Waals surface area (Å²) in [4.78, 5) is 32.0. The van der Waals surface area contributed by atoms with Crippen molar-refractivity contribution in [2.75, 3.05) is 0 Å². The fourth-order valence-corrected chi connectivity index (χ4v) is 3.23.